The average Bonchev–Trinajstić information content (AvgIpc) is 3.34. The smallest absolute Gasteiger partial charge is 0.319 e. The molecule has 0 saturated heterocycles. The molecule has 2 heterocycles. The number of ketones is 1. The molecule has 1 amide bonds. The van der Waals surface area contributed by atoms with Crippen LogP contribution in [0.4, 0.5) is 0 Å². The van der Waals surface area contributed by atoms with E-state index in [0.717, 1.165) is 47.1 Å². The molecule has 9 nitrogen and oxygen atoms in total. The van der Waals surface area contributed by atoms with Gasteiger partial charge in [-0.15, -0.1) is 0 Å². The summed E-state index contributed by atoms with van der Waals surface area (Å²) in [5.74, 6) is 0.856. The van der Waals surface area contributed by atoms with Crippen LogP contribution >= 0.6 is 0 Å². The molecule has 2 N–H and O–H groups in total. The standard InChI is InChI=1S/C32H33N3O6/c1-39-29-23(17-34-30(35-29)40-2)19-7-5-18(6-8-19)12-15-33-28(37)22-10-9-20-16-21-4-3-13-31-25(20)26(22)41-27(31)24(36)11-14-32(21,31)38/h5-10,17,21,27,38H,3-4,11-16H2,1-2H3,(H,33,37)/t21-,27+,31?,32-/m1/s1. The van der Waals surface area contributed by atoms with Crippen molar-refractivity contribution >= 4 is 11.7 Å². The Hall–Kier alpha value is -3.98. The van der Waals surface area contributed by atoms with Crippen molar-refractivity contribution in [2.45, 2.75) is 62.1 Å². The Morgan fingerprint density at radius 3 is 2.76 bits per heavy atom. The van der Waals surface area contributed by atoms with E-state index in [2.05, 4.69) is 15.3 Å². The number of rotatable bonds is 7. The number of carbonyl (C=O) groups is 2. The van der Waals surface area contributed by atoms with Gasteiger partial charge in [0.05, 0.1) is 36.4 Å². The van der Waals surface area contributed by atoms with E-state index in [9.17, 15) is 14.7 Å². The Morgan fingerprint density at radius 1 is 1.15 bits per heavy atom. The summed E-state index contributed by atoms with van der Waals surface area (Å²) in [6, 6.07) is 12.0. The zero-order valence-corrected chi connectivity index (χ0v) is 23.2. The number of Topliss-reactive ketones (excluding diaryl/α,β-unsaturated/α-hetero) is 1. The van der Waals surface area contributed by atoms with Crippen molar-refractivity contribution in [2.75, 3.05) is 20.8 Å². The van der Waals surface area contributed by atoms with Crippen molar-refractivity contribution in [1.82, 2.24) is 15.3 Å². The minimum absolute atomic E-state index is 0.0352. The molecule has 4 aliphatic rings. The normalized spacial score (nSPS) is 27.0. The van der Waals surface area contributed by atoms with Gasteiger partial charge in [-0.2, -0.15) is 4.98 Å². The van der Waals surface area contributed by atoms with Gasteiger partial charge >= 0.3 is 6.01 Å². The molecule has 41 heavy (non-hydrogen) atoms. The van der Waals surface area contributed by atoms with Crippen molar-refractivity contribution in [3.63, 3.8) is 0 Å². The quantitative estimate of drug-likeness (QED) is 0.454. The second-order valence-electron chi connectivity index (χ2n) is 11.6. The monoisotopic (exact) mass is 555 g/mol. The van der Waals surface area contributed by atoms with E-state index in [-0.39, 0.29) is 23.6 Å². The van der Waals surface area contributed by atoms with Crippen LogP contribution in [-0.2, 0) is 23.1 Å². The maximum atomic E-state index is 13.4. The molecule has 7 rings (SSSR count). The number of hydrogen-bond acceptors (Lipinski definition) is 8. The fourth-order valence-electron chi connectivity index (χ4n) is 7.90. The maximum Gasteiger partial charge on any atom is 0.319 e. The van der Waals surface area contributed by atoms with Gasteiger partial charge in [0.1, 0.15) is 5.75 Å². The van der Waals surface area contributed by atoms with Crippen LogP contribution < -0.4 is 19.5 Å². The molecule has 3 aromatic rings. The van der Waals surface area contributed by atoms with E-state index in [1.807, 2.05) is 36.4 Å². The lowest BCUT2D eigenvalue weighted by Gasteiger charge is -2.59. The van der Waals surface area contributed by atoms with E-state index >= 15 is 0 Å². The molecule has 1 aromatic heterocycles. The topological polar surface area (TPSA) is 120 Å². The van der Waals surface area contributed by atoms with Crippen LogP contribution in [0.3, 0.4) is 0 Å². The Bertz CT molecular complexity index is 1560. The minimum atomic E-state index is -0.953. The van der Waals surface area contributed by atoms with E-state index in [1.54, 1.807) is 13.3 Å². The second-order valence-corrected chi connectivity index (χ2v) is 11.6. The number of hydrogen-bond donors (Lipinski definition) is 2. The van der Waals surface area contributed by atoms with Gasteiger partial charge in [0.2, 0.25) is 5.88 Å². The predicted molar refractivity (Wildman–Crippen MR) is 149 cm³/mol. The number of methoxy groups -OCH3 is 2. The SMILES string of the molecule is COc1ncc(-c2ccc(CCNC(=O)c3ccc4c5c3O[C@H]3C(=O)CC[C@@]6(O)[C@H](CCCC536)C4)cc2)c(OC)n1. The Balaban J connectivity index is 1.09. The summed E-state index contributed by atoms with van der Waals surface area (Å²) >= 11 is 0. The van der Waals surface area contributed by atoms with Gasteiger partial charge in [-0.1, -0.05) is 36.8 Å². The van der Waals surface area contributed by atoms with Crippen molar-refractivity contribution in [2.24, 2.45) is 5.92 Å². The first-order valence-corrected chi connectivity index (χ1v) is 14.3. The molecule has 2 fully saturated rings. The minimum Gasteiger partial charge on any atom is -0.480 e. The highest BCUT2D eigenvalue weighted by Crippen LogP contribution is 2.66. The van der Waals surface area contributed by atoms with E-state index in [1.165, 1.54) is 7.11 Å². The third-order valence-electron chi connectivity index (χ3n) is 9.77. The Kier molecular flexibility index (Phi) is 6.04. The molecule has 4 atom stereocenters. The molecule has 1 aliphatic heterocycles. The molecular weight excluding hydrogens is 522 g/mol. The number of nitrogens with one attached hydrogen (secondary N) is 1. The summed E-state index contributed by atoms with van der Waals surface area (Å²) in [5.41, 5.74) is 3.50. The largest absolute Gasteiger partial charge is 0.480 e. The first-order chi connectivity index (χ1) is 19.9. The van der Waals surface area contributed by atoms with Gasteiger partial charge in [0, 0.05) is 24.7 Å². The van der Waals surface area contributed by atoms with Gasteiger partial charge in [-0.3, -0.25) is 9.59 Å². The number of carbonyl (C=O) groups excluding carboxylic acids is 2. The third-order valence-corrected chi connectivity index (χ3v) is 9.77. The van der Waals surface area contributed by atoms with Crippen LogP contribution in [0, 0.1) is 5.92 Å². The predicted octanol–water partition coefficient (Wildman–Crippen LogP) is 3.58. The zero-order chi connectivity index (χ0) is 28.4. The van der Waals surface area contributed by atoms with Crippen LogP contribution in [0.15, 0.2) is 42.6 Å². The van der Waals surface area contributed by atoms with E-state index in [0.29, 0.717) is 49.4 Å². The van der Waals surface area contributed by atoms with Crippen LogP contribution in [0.2, 0.25) is 0 Å². The summed E-state index contributed by atoms with van der Waals surface area (Å²) in [7, 11) is 3.06. The molecule has 1 unspecified atom stereocenters. The molecular formula is C32H33N3O6. The highest BCUT2D eigenvalue weighted by molar-refractivity contribution is 5.99. The van der Waals surface area contributed by atoms with Crippen LogP contribution in [0.1, 0.15) is 59.2 Å². The molecule has 3 aliphatic carbocycles. The number of benzene rings is 2. The summed E-state index contributed by atoms with van der Waals surface area (Å²) in [6.07, 6.45) is 5.77. The highest BCUT2D eigenvalue weighted by atomic mass is 16.5. The van der Waals surface area contributed by atoms with Crippen molar-refractivity contribution in [1.29, 1.82) is 0 Å². The van der Waals surface area contributed by atoms with Crippen molar-refractivity contribution in [3.8, 4) is 28.8 Å². The van der Waals surface area contributed by atoms with Gasteiger partial charge in [0.15, 0.2) is 11.9 Å². The van der Waals surface area contributed by atoms with Gasteiger partial charge in [0.25, 0.3) is 5.91 Å². The molecule has 9 heteroatoms. The highest BCUT2D eigenvalue weighted by Gasteiger charge is 2.71. The molecule has 212 valence electrons. The van der Waals surface area contributed by atoms with Gasteiger partial charge < -0.3 is 24.6 Å². The Morgan fingerprint density at radius 2 is 1.98 bits per heavy atom. The molecule has 2 aromatic carbocycles. The summed E-state index contributed by atoms with van der Waals surface area (Å²) < 4.78 is 16.8. The third kappa shape index (κ3) is 3.71. The fourth-order valence-corrected chi connectivity index (χ4v) is 7.90. The lowest BCUT2D eigenvalue weighted by Crippen LogP contribution is -2.69. The van der Waals surface area contributed by atoms with E-state index in [4.69, 9.17) is 14.2 Å². The lowest BCUT2D eigenvalue weighted by molar-refractivity contribution is -0.177. The van der Waals surface area contributed by atoms with Gasteiger partial charge in [-0.05, 0) is 60.8 Å². The van der Waals surface area contributed by atoms with Crippen LogP contribution in [-0.4, -0.2) is 59.2 Å². The number of aromatic nitrogens is 2. The second kappa shape index (κ2) is 9.55. The maximum absolute atomic E-state index is 13.4. The number of amides is 1. The first kappa shape index (κ1) is 26.0. The Labute approximate surface area is 238 Å². The van der Waals surface area contributed by atoms with Crippen LogP contribution in [0.25, 0.3) is 11.1 Å². The average molecular weight is 556 g/mol. The van der Waals surface area contributed by atoms with Crippen LogP contribution in [0.5, 0.6) is 17.6 Å². The van der Waals surface area contributed by atoms with Gasteiger partial charge in [-0.25, -0.2) is 4.98 Å². The fraction of sp³-hybridized carbons (Fsp3) is 0.438. The molecule has 2 saturated carbocycles. The number of nitrogens with zero attached hydrogens (tertiary/aromatic N) is 2. The molecule has 0 radical (unpaired) electrons. The van der Waals surface area contributed by atoms with Crippen molar-refractivity contribution < 1.29 is 28.9 Å². The molecule has 2 bridgehead atoms. The summed E-state index contributed by atoms with van der Waals surface area (Å²) in [5, 5.41) is 15.1. The summed E-state index contributed by atoms with van der Waals surface area (Å²) in [6.45, 7) is 0.434. The summed E-state index contributed by atoms with van der Waals surface area (Å²) in [4.78, 5) is 35.0. The molecule has 1 spiro atoms. The lowest BCUT2D eigenvalue weighted by atomic mass is 9.45. The number of aliphatic hydroxyl groups is 1. The van der Waals surface area contributed by atoms with E-state index < -0.39 is 17.1 Å². The first-order valence-electron chi connectivity index (χ1n) is 14.3. The zero-order valence-electron chi connectivity index (χ0n) is 23.2. The van der Waals surface area contributed by atoms with Crippen molar-refractivity contribution in [3.05, 3.63) is 64.8 Å². The number of ether oxygens (including phenoxy) is 3.